The molecule has 4 rings (SSSR count). The number of aryl methyl sites for hydroxylation is 4. The Balaban J connectivity index is 0. The monoisotopic (exact) mass is 488 g/mol. The van der Waals surface area contributed by atoms with Crippen LogP contribution in [0.25, 0.3) is 21.5 Å². The van der Waals surface area contributed by atoms with E-state index in [0.717, 1.165) is 6.42 Å². The maximum atomic E-state index is 3.38. The number of hydrogen-bond acceptors (Lipinski definition) is 0. The van der Waals surface area contributed by atoms with Crippen LogP contribution < -0.4 is 24.8 Å². The first-order valence-electron chi connectivity index (χ1n) is 8.81. The maximum absolute atomic E-state index is 3.38. The predicted molar refractivity (Wildman–Crippen MR) is 113 cm³/mol. The van der Waals surface area contributed by atoms with Crippen LogP contribution in [-0.4, -0.2) is 0 Å². The summed E-state index contributed by atoms with van der Waals surface area (Å²) in [5.41, 5.74) is 5.48. The summed E-state index contributed by atoms with van der Waals surface area (Å²) < 4.78 is 0. The minimum absolute atomic E-state index is 0. The number of hydrogen-bond donors (Lipinski definition) is 0. The second-order valence-electron chi connectivity index (χ2n) is 6.46. The molecule has 150 valence electrons. The molecule has 0 atom stereocenters. The van der Waals surface area contributed by atoms with Gasteiger partial charge in [0, 0.05) is 0 Å². The van der Waals surface area contributed by atoms with Gasteiger partial charge in [-0.05, 0) is 13.8 Å². The van der Waals surface area contributed by atoms with Gasteiger partial charge in [0.15, 0.2) is 0 Å². The first-order valence-corrected chi connectivity index (χ1v) is 8.81. The van der Waals surface area contributed by atoms with Crippen molar-refractivity contribution in [1.82, 2.24) is 0 Å². The van der Waals surface area contributed by atoms with Crippen LogP contribution in [0.4, 0.5) is 0 Å². The van der Waals surface area contributed by atoms with Gasteiger partial charge in [0.25, 0.3) is 0 Å². The zero-order valence-corrected chi connectivity index (χ0v) is 21.1. The third kappa shape index (κ3) is 7.18. The Morgan fingerprint density at radius 1 is 0.607 bits per heavy atom. The molecule has 0 nitrogen and oxygen atoms in total. The van der Waals surface area contributed by atoms with Crippen molar-refractivity contribution in [1.29, 1.82) is 0 Å². The van der Waals surface area contributed by atoms with E-state index in [-0.39, 0.29) is 51.0 Å². The standard InChI is InChI=1S/2C11H11.C3H6.2ClH.Zr/c2*1-8-6-7-9(2)11-5-3-4-10(8)11;1-3-2;;;/h2*3-7H,1-2H3;1-3H2;2*1H;/q2*-1;-2;;;+2/p-2. The largest absolute Gasteiger partial charge is 2.00 e. The summed E-state index contributed by atoms with van der Waals surface area (Å²) in [6.45, 7) is 15.4. The van der Waals surface area contributed by atoms with Crippen LogP contribution >= 0.6 is 0 Å². The van der Waals surface area contributed by atoms with E-state index in [4.69, 9.17) is 0 Å². The van der Waals surface area contributed by atoms with E-state index in [2.05, 4.69) is 102 Å². The van der Waals surface area contributed by atoms with Crippen molar-refractivity contribution in [3.8, 4) is 0 Å². The molecule has 0 bridgehead atoms. The minimum atomic E-state index is 0. The molecule has 0 fully saturated rings. The van der Waals surface area contributed by atoms with E-state index in [1.165, 1.54) is 43.8 Å². The van der Waals surface area contributed by atoms with E-state index in [1.807, 2.05) is 0 Å². The summed E-state index contributed by atoms with van der Waals surface area (Å²) in [5, 5.41) is 5.57. The Bertz CT molecular complexity index is 798. The molecule has 0 aromatic heterocycles. The molecule has 0 amide bonds. The summed E-state index contributed by atoms with van der Waals surface area (Å²) in [7, 11) is 0. The maximum Gasteiger partial charge on any atom is 2.00 e. The van der Waals surface area contributed by atoms with Crippen LogP contribution in [0.2, 0.25) is 0 Å². The Kier molecular flexibility index (Phi) is 14.8. The second-order valence-corrected chi connectivity index (χ2v) is 6.46. The second kappa shape index (κ2) is 14.2. The Hall–Kier alpha value is -0.877. The molecule has 4 aromatic carbocycles. The van der Waals surface area contributed by atoms with E-state index >= 15 is 0 Å². The molecule has 0 saturated heterocycles. The summed E-state index contributed by atoms with van der Waals surface area (Å²) >= 11 is 0. The minimum Gasteiger partial charge on any atom is -1.00 e. The van der Waals surface area contributed by atoms with E-state index in [1.54, 1.807) is 0 Å². The zero-order valence-electron chi connectivity index (χ0n) is 17.2. The molecular weight excluding hydrogens is 462 g/mol. The molecular formula is C25H28Cl2Zr-4. The van der Waals surface area contributed by atoms with Gasteiger partial charge in [-0.1, -0.05) is 37.1 Å². The van der Waals surface area contributed by atoms with Gasteiger partial charge >= 0.3 is 26.2 Å². The van der Waals surface area contributed by atoms with Crippen LogP contribution in [0.1, 0.15) is 28.7 Å². The summed E-state index contributed by atoms with van der Waals surface area (Å²) in [6.07, 6.45) is 0.750. The smallest absolute Gasteiger partial charge is 1.00 e. The summed E-state index contributed by atoms with van der Waals surface area (Å²) in [5.74, 6) is 0. The van der Waals surface area contributed by atoms with Gasteiger partial charge in [0.1, 0.15) is 0 Å². The Morgan fingerprint density at radius 2 is 0.893 bits per heavy atom. The van der Waals surface area contributed by atoms with Gasteiger partial charge in [0.05, 0.1) is 0 Å². The van der Waals surface area contributed by atoms with Gasteiger partial charge < -0.3 is 45.1 Å². The molecule has 0 spiro atoms. The number of rotatable bonds is 0. The van der Waals surface area contributed by atoms with Gasteiger partial charge in [0.2, 0.25) is 0 Å². The molecule has 28 heavy (non-hydrogen) atoms. The van der Waals surface area contributed by atoms with Crippen molar-refractivity contribution >= 4 is 21.5 Å². The number of benzene rings is 2. The fraction of sp³-hybridized carbons (Fsp3) is 0.200. The SMILES string of the molecule is Cc1ccc(C)c2[cH-]ccc12.Cc1ccc(C)c2[cH-]ccc12.[CH2-]C[CH2-].[Cl-].[Cl-].[Zr+2]. The molecule has 0 heterocycles. The zero-order chi connectivity index (χ0) is 18.4. The fourth-order valence-corrected chi connectivity index (χ4v) is 3.07. The van der Waals surface area contributed by atoms with Crippen LogP contribution in [-0.2, 0) is 26.2 Å². The van der Waals surface area contributed by atoms with Gasteiger partial charge in [-0.15, -0.1) is 56.9 Å². The van der Waals surface area contributed by atoms with Crippen molar-refractivity contribution in [3.63, 3.8) is 0 Å². The van der Waals surface area contributed by atoms with Crippen LogP contribution in [0.15, 0.2) is 60.7 Å². The molecule has 0 unspecified atom stereocenters. The fourth-order valence-electron chi connectivity index (χ4n) is 3.07. The molecule has 0 aliphatic heterocycles. The topological polar surface area (TPSA) is 0 Å². The van der Waals surface area contributed by atoms with Crippen molar-refractivity contribution < 1.29 is 51.0 Å². The third-order valence-corrected chi connectivity index (χ3v) is 4.50. The third-order valence-electron chi connectivity index (χ3n) is 4.50. The van der Waals surface area contributed by atoms with Crippen molar-refractivity contribution in [2.45, 2.75) is 34.1 Å². The van der Waals surface area contributed by atoms with Crippen LogP contribution in [0.5, 0.6) is 0 Å². The first kappa shape index (κ1) is 29.3. The normalized spacial score (nSPS) is 9.07. The first-order chi connectivity index (χ1) is 12.0. The van der Waals surface area contributed by atoms with Gasteiger partial charge in [-0.3, -0.25) is 0 Å². The molecule has 0 N–H and O–H groups in total. The van der Waals surface area contributed by atoms with E-state index in [0.29, 0.717) is 0 Å². The van der Waals surface area contributed by atoms with Crippen molar-refractivity contribution in [3.05, 3.63) is 96.8 Å². The van der Waals surface area contributed by atoms with Gasteiger partial charge in [-0.2, -0.15) is 24.3 Å². The van der Waals surface area contributed by atoms with E-state index < -0.39 is 0 Å². The molecule has 3 heteroatoms. The summed E-state index contributed by atoms with van der Waals surface area (Å²) in [4.78, 5) is 0. The van der Waals surface area contributed by atoms with E-state index in [9.17, 15) is 0 Å². The molecule has 0 saturated carbocycles. The number of fused-ring (bicyclic) bond motifs is 2. The molecule has 0 radical (unpaired) electrons. The Labute approximate surface area is 202 Å². The van der Waals surface area contributed by atoms with Crippen molar-refractivity contribution in [2.24, 2.45) is 0 Å². The average Bonchev–Trinajstić information content (AvgIpc) is 3.26. The Morgan fingerprint density at radius 3 is 1.18 bits per heavy atom. The van der Waals surface area contributed by atoms with Gasteiger partial charge in [-0.25, -0.2) is 0 Å². The van der Waals surface area contributed by atoms with Crippen LogP contribution in [0.3, 0.4) is 0 Å². The average molecular weight is 491 g/mol. The van der Waals surface area contributed by atoms with Crippen LogP contribution in [0, 0.1) is 41.5 Å². The van der Waals surface area contributed by atoms with Crippen molar-refractivity contribution in [2.75, 3.05) is 0 Å². The predicted octanol–water partition coefficient (Wildman–Crippen LogP) is 1.40. The quantitative estimate of drug-likeness (QED) is 0.327. The number of halogens is 2. The summed E-state index contributed by atoms with van der Waals surface area (Å²) in [6, 6.07) is 21.7. The molecule has 0 aliphatic carbocycles. The molecule has 4 aromatic rings. The molecule has 0 aliphatic rings.